The standard InChI is InChI=1S/C64H156N28/c1-2-25-80(29-14-69)40-49-88(53-46-85(34-19-74)35-20-75)56-59-91(52-44-83(43-45-84(32-17-72)33-18-73)28-9-64(7-3-10-65)8-4-11-66)60-63-92(61-57-89(54-47-86(36-21-76)37-22-77)50-41-81(30-15-70)26-5-12-67)62-58-90(55-48-87(38-23-78)39-24-79)51-42-82(31-16-71)27-6-13-68/h7H,2-6,8-63,65-79H2,1H3/b64-7-. The molecule has 28 nitrogen and oxygen atoms in total. The molecule has 0 aromatic rings. The fourth-order valence-corrected chi connectivity index (χ4v) is 12.0. The molecule has 0 aliphatic carbocycles. The van der Waals surface area contributed by atoms with Gasteiger partial charge in [-0.05, 0) is 90.8 Å². The first kappa shape index (κ1) is 90.6. The van der Waals surface area contributed by atoms with Crippen molar-refractivity contribution in [3.8, 4) is 0 Å². The molecule has 0 atom stereocenters. The van der Waals surface area contributed by atoms with Crippen molar-refractivity contribution in [2.45, 2.75) is 51.9 Å². The van der Waals surface area contributed by atoms with Crippen LogP contribution in [0.15, 0.2) is 11.6 Å². The molecular formula is C64H156N28. The Labute approximate surface area is 564 Å². The summed E-state index contributed by atoms with van der Waals surface area (Å²) in [4.78, 5) is 33.4. The van der Waals surface area contributed by atoms with Gasteiger partial charge in [0.05, 0.1) is 0 Å². The Morgan fingerprint density at radius 2 is 0.370 bits per heavy atom. The molecule has 92 heavy (non-hydrogen) atoms. The second-order valence-electron chi connectivity index (χ2n) is 25.0. The molecule has 552 valence electrons. The molecule has 0 spiro atoms. The van der Waals surface area contributed by atoms with E-state index in [1.807, 2.05) is 0 Å². The van der Waals surface area contributed by atoms with E-state index in [4.69, 9.17) is 86.0 Å². The average molecular weight is 1320 g/mol. The summed E-state index contributed by atoms with van der Waals surface area (Å²) in [6.07, 6.45) is 9.17. The van der Waals surface area contributed by atoms with Gasteiger partial charge < -0.3 is 106 Å². The van der Waals surface area contributed by atoms with Gasteiger partial charge in [0.1, 0.15) is 0 Å². The summed E-state index contributed by atoms with van der Waals surface area (Å²) >= 11 is 0. The lowest BCUT2D eigenvalue weighted by atomic mass is 10.0. The van der Waals surface area contributed by atoms with Crippen LogP contribution in [0.4, 0.5) is 0 Å². The maximum absolute atomic E-state index is 6.21. The number of hydrogen-bond donors (Lipinski definition) is 15. The number of nitrogens with zero attached hydrogens (tertiary/aromatic N) is 13. The lowest BCUT2D eigenvalue weighted by Crippen LogP contribution is -2.49. The largest absolute Gasteiger partial charge is 0.330 e. The van der Waals surface area contributed by atoms with Crippen molar-refractivity contribution in [3.63, 3.8) is 0 Å². The predicted molar refractivity (Wildman–Crippen MR) is 396 cm³/mol. The first-order valence-corrected chi connectivity index (χ1v) is 36.6. The maximum Gasteiger partial charge on any atom is 0.0110 e. The fourth-order valence-electron chi connectivity index (χ4n) is 12.0. The Balaban J connectivity index is 7.97. The van der Waals surface area contributed by atoms with Crippen LogP contribution in [0.2, 0.25) is 0 Å². The molecule has 0 aromatic heterocycles. The van der Waals surface area contributed by atoms with Crippen LogP contribution in [0.5, 0.6) is 0 Å². The average Bonchev–Trinajstić information content (AvgIpc) is 3.53. The summed E-state index contributed by atoms with van der Waals surface area (Å²) in [6.45, 7) is 46.8. The normalized spacial score (nSPS) is 12.9. The van der Waals surface area contributed by atoms with Gasteiger partial charge in [0.25, 0.3) is 0 Å². The van der Waals surface area contributed by atoms with Crippen LogP contribution in [-0.2, 0) is 0 Å². The van der Waals surface area contributed by atoms with Crippen molar-refractivity contribution in [2.24, 2.45) is 86.0 Å². The minimum Gasteiger partial charge on any atom is -0.330 e. The molecule has 0 aliphatic heterocycles. The van der Waals surface area contributed by atoms with Gasteiger partial charge in [-0.1, -0.05) is 18.6 Å². The van der Waals surface area contributed by atoms with Gasteiger partial charge in [0.2, 0.25) is 0 Å². The topological polar surface area (TPSA) is 432 Å². The van der Waals surface area contributed by atoms with E-state index in [1.165, 1.54) is 5.57 Å². The quantitative estimate of drug-likeness (QED) is 0.0252. The summed E-state index contributed by atoms with van der Waals surface area (Å²) in [5.74, 6) is 0. The second kappa shape index (κ2) is 66.8. The van der Waals surface area contributed by atoms with E-state index in [0.29, 0.717) is 98.2 Å². The van der Waals surface area contributed by atoms with Crippen LogP contribution in [0.25, 0.3) is 0 Å². The molecule has 0 aliphatic rings. The third kappa shape index (κ3) is 50.9. The fraction of sp³-hybridized carbons (Fsp3) is 0.969. The predicted octanol–water partition coefficient (Wildman–Crippen LogP) is -7.03. The smallest absolute Gasteiger partial charge is 0.0110 e. The third-order valence-corrected chi connectivity index (χ3v) is 17.6. The Kier molecular flexibility index (Phi) is 65.8. The Morgan fingerprint density at radius 3 is 0.554 bits per heavy atom. The molecular weight excluding hydrogens is 1160 g/mol. The lowest BCUT2D eigenvalue weighted by Gasteiger charge is -2.36. The van der Waals surface area contributed by atoms with E-state index < -0.39 is 0 Å². The van der Waals surface area contributed by atoms with Crippen molar-refractivity contribution in [3.05, 3.63) is 11.6 Å². The number of hydrogen-bond acceptors (Lipinski definition) is 28. The molecule has 0 amide bonds. The Bertz CT molecular complexity index is 1430. The molecule has 0 rings (SSSR count). The summed E-state index contributed by atoms with van der Waals surface area (Å²) in [6, 6.07) is 0. The van der Waals surface area contributed by atoms with Gasteiger partial charge in [0.15, 0.2) is 0 Å². The minimum absolute atomic E-state index is 0.599. The van der Waals surface area contributed by atoms with Gasteiger partial charge in [-0.25, -0.2) is 0 Å². The minimum atomic E-state index is 0.599. The molecule has 0 radical (unpaired) electrons. The zero-order chi connectivity index (χ0) is 67.9. The van der Waals surface area contributed by atoms with Gasteiger partial charge in [-0.15, -0.1) is 0 Å². The van der Waals surface area contributed by atoms with Crippen molar-refractivity contribution in [1.29, 1.82) is 0 Å². The maximum atomic E-state index is 6.21. The van der Waals surface area contributed by atoms with Crippen LogP contribution in [0, 0.1) is 0 Å². The molecule has 0 heterocycles. The highest BCUT2D eigenvalue weighted by Gasteiger charge is 2.21. The van der Waals surface area contributed by atoms with Crippen molar-refractivity contribution >= 4 is 0 Å². The second-order valence-corrected chi connectivity index (χ2v) is 25.0. The summed E-state index contributed by atoms with van der Waals surface area (Å²) in [7, 11) is 0. The number of rotatable bonds is 74. The van der Waals surface area contributed by atoms with Gasteiger partial charge in [-0.3, -0.25) is 44.1 Å². The Hall–Kier alpha value is -1.38. The molecule has 0 aromatic carbocycles. The molecule has 30 N–H and O–H groups in total. The molecule has 28 heteroatoms. The molecule has 0 fully saturated rings. The van der Waals surface area contributed by atoms with Gasteiger partial charge in [0, 0.05) is 308 Å². The monoisotopic (exact) mass is 1320 g/mol. The van der Waals surface area contributed by atoms with E-state index in [2.05, 4.69) is 76.7 Å². The van der Waals surface area contributed by atoms with Gasteiger partial charge in [-0.2, -0.15) is 0 Å². The van der Waals surface area contributed by atoms with E-state index in [0.717, 1.165) is 300 Å². The SMILES string of the molecule is CCCN(CCN)CCN(CCN(CCN)CCN)CCN(CCN(CC/C(=C\CCN)CCCN)CCN(CCN)CCN)CCN(CCN(CCN(CCN)CCN)CCN(CCN)CCCN)CCN(CCN(CCN)CCN)CCN(CCN)CCCN. The van der Waals surface area contributed by atoms with Crippen LogP contribution in [-0.4, -0.2) is 417 Å². The van der Waals surface area contributed by atoms with Crippen molar-refractivity contribution in [2.75, 3.05) is 353 Å². The van der Waals surface area contributed by atoms with Crippen molar-refractivity contribution in [1.82, 2.24) is 63.7 Å². The van der Waals surface area contributed by atoms with Crippen LogP contribution in [0.1, 0.15) is 51.9 Å². The van der Waals surface area contributed by atoms with Gasteiger partial charge >= 0.3 is 0 Å². The first-order chi connectivity index (χ1) is 45.0. The van der Waals surface area contributed by atoms with Crippen molar-refractivity contribution < 1.29 is 0 Å². The zero-order valence-corrected chi connectivity index (χ0v) is 59.7. The zero-order valence-electron chi connectivity index (χ0n) is 59.7. The van der Waals surface area contributed by atoms with E-state index in [9.17, 15) is 0 Å². The highest BCUT2D eigenvalue weighted by molar-refractivity contribution is 5.03. The lowest BCUT2D eigenvalue weighted by molar-refractivity contribution is 0.117. The molecule has 0 saturated heterocycles. The third-order valence-electron chi connectivity index (χ3n) is 17.6. The highest BCUT2D eigenvalue weighted by atomic mass is 15.3. The molecule has 0 bridgehead atoms. The summed E-state index contributed by atoms with van der Waals surface area (Å²) in [5.41, 5.74) is 93.8. The summed E-state index contributed by atoms with van der Waals surface area (Å²) in [5, 5.41) is 0. The van der Waals surface area contributed by atoms with E-state index >= 15 is 0 Å². The first-order valence-electron chi connectivity index (χ1n) is 36.6. The van der Waals surface area contributed by atoms with E-state index in [-0.39, 0.29) is 0 Å². The molecule has 0 unspecified atom stereocenters. The van der Waals surface area contributed by atoms with Crippen LogP contribution in [0.3, 0.4) is 0 Å². The highest BCUT2D eigenvalue weighted by Crippen LogP contribution is 2.13. The molecule has 0 saturated carbocycles. The van der Waals surface area contributed by atoms with E-state index in [1.54, 1.807) is 0 Å². The summed E-state index contributed by atoms with van der Waals surface area (Å²) < 4.78 is 0. The van der Waals surface area contributed by atoms with Crippen LogP contribution < -0.4 is 86.0 Å². The Morgan fingerprint density at radius 1 is 0.185 bits per heavy atom. The van der Waals surface area contributed by atoms with Crippen LogP contribution >= 0.6 is 0 Å². The number of nitrogens with two attached hydrogens (primary N) is 15.